The number of nitro benzene ring substituents is 2. The molecule has 1 N–H and O–H groups in total. The fourth-order valence-corrected chi connectivity index (χ4v) is 5.93. The molecule has 0 aliphatic rings. The first-order chi connectivity index (χ1) is 19.7. The number of hydrogen-bond acceptors (Lipinski definition) is 12. The Morgan fingerprint density at radius 3 is 1.83 bits per heavy atom. The van der Waals surface area contributed by atoms with Gasteiger partial charge in [-0.2, -0.15) is 8.42 Å². The van der Waals surface area contributed by atoms with Crippen LogP contribution in [0.1, 0.15) is 11.1 Å². The van der Waals surface area contributed by atoms with Crippen LogP contribution in [0.15, 0.2) is 52.8 Å². The summed E-state index contributed by atoms with van der Waals surface area (Å²) >= 11 is 0. The second-order valence-electron chi connectivity index (χ2n) is 8.35. The highest BCUT2D eigenvalue weighted by Crippen LogP contribution is 2.47. The minimum Gasteiger partial charge on any atom is -0.496 e. The molecule has 0 unspecified atom stereocenters. The molecule has 0 radical (unpaired) electrons. The zero-order valence-corrected chi connectivity index (χ0v) is 24.1. The summed E-state index contributed by atoms with van der Waals surface area (Å²) in [6.45, 7) is 0. The van der Waals surface area contributed by atoms with Crippen LogP contribution in [0.2, 0.25) is 0 Å². The second-order valence-corrected chi connectivity index (χ2v) is 11.6. The maximum atomic E-state index is 13.2. The summed E-state index contributed by atoms with van der Waals surface area (Å²) in [5.41, 5.74) is -4.15. The highest BCUT2D eigenvalue weighted by molar-refractivity contribution is 7.93. The van der Waals surface area contributed by atoms with Gasteiger partial charge in [0.2, 0.25) is 0 Å². The summed E-state index contributed by atoms with van der Waals surface area (Å²) < 4.78 is 81.7. The normalized spacial score (nSPS) is 11.7. The number of ether oxygens (including phenoxy) is 4. The van der Waals surface area contributed by atoms with Gasteiger partial charge in [0.15, 0.2) is 14.7 Å². The molecule has 0 saturated carbocycles. The van der Waals surface area contributed by atoms with Crippen molar-refractivity contribution in [3.05, 3.63) is 79.2 Å². The summed E-state index contributed by atoms with van der Waals surface area (Å²) in [4.78, 5) is 20.7. The number of methoxy groups -OCH3 is 4. The van der Waals surface area contributed by atoms with E-state index >= 15 is 0 Å². The molecule has 0 aromatic heterocycles. The molecule has 42 heavy (non-hydrogen) atoms. The number of nitrogens with zero attached hydrogens (tertiary/aromatic N) is 2. The van der Waals surface area contributed by atoms with Gasteiger partial charge in [-0.25, -0.2) is 8.42 Å². The third kappa shape index (κ3) is 6.59. The van der Waals surface area contributed by atoms with Crippen molar-refractivity contribution in [1.82, 2.24) is 0 Å². The second kappa shape index (κ2) is 12.4. The van der Waals surface area contributed by atoms with Crippen LogP contribution in [0, 0.1) is 20.2 Å². The Labute approximate surface area is 239 Å². The third-order valence-electron chi connectivity index (χ3n) is 5.89. The quantitative estimate of drug-likeness (QED) is 0.171. The highest BCUT2D eigenvalue weighted by atomic mass is 32.2. The lowest BCUT2D eigenvalue weighted by atomic mass is 9.97. The Hall–Kier alpha value is -4.74. The molecule has 3 aromatic rings. The lowest BCUT2D eigenvalue weighted by Gasteiger charge is -2.14. The largest absolute Gasteiger partial charge is 0.496 e. The molecule has 3 rings (SSSR count). The topological polar surface area (TPSA) is 212 Å². The minimum atomic E-state index is -5.39. The Bertz CT molecular complexity index is 1780. The van der Waals surface area contributed by atoms with E-state index in [2.05, 4.69) is 0 Å². The maximum Gasteiger partial charge on any atom is 0.305 e. The Morgan fingerprint density at radius 1 is 0.810 bits per heavy atom. The molecule has 17 heteroatoms. The number of rotatable bonds is 12. The zero-order chi connectivity index (χ0) is 31.4. The van der Waals surface area contributed by atoms with Crippen LogP contribution in [0.25, 0.3) is 17.2 Å². The van der Waals surface area contributed by atoms with Crippen LogP contribution >= 0.6 is 0 Å². The minimum absolute atomic E-state index is 0.122. The van der Waals surface area contributed by atoms with Crippen LogP contribution in [-0.2, 0) is 25.7 Å². The number of sulfone groups is 1. The number of para-hydroxylation sites is 1. The SMILES string of the molecule is COc1cc(OC)c(C=CS(=O)(=O)Cc2cc(S(=O)(=O)O)c([N+](=O)[O-])c(-c3ccccc3OC)c2[N+](=O)[O-])c(OC)c1. The Kier molecular flexibility index (Phi) is 9.39. The van der Waals surface area contributed by atoms with Crippen LogP contribution in [0.3, 0.4) is 0 Å². The number of hydrogen-bond donors (Lipinski definition) is 1. The monoisotopic (exact) mass is 624 g/mol. The smallest absolute Gasteiger partial charge is 0.305 e. The van der Waals surface area contributed by atoms with E-state index in [1.165, 1.54) is 64.8 Å². The van der Waals surface area contributed by atoms with Gasteiger partial charge in [0.1, 0.15) is 28.6 Å². The van der Waals surface area contributed by atoms with Crippen molar-refractivity contribution in [3.63, 3.8) is 0 Å². The van der Waals surface area contributed by atoms with Crippen molar-refractivity contribution in [2.45, 2.75) is 10.6 Å². The molecule has 0 amide bonds. The fourth-order valence-electron chi connectivity index (χ4n) is 4.13. The van der Waals surface area contributed by atoms with Crippen LogP contribution in [0.4, 0.5) is 11.4 Å². The molecule has 15 nitrogen and oxygen atoms in total. The summed E-state index contributed by atoms with van der Waals surface area (Å²) in [6, 6.07) is 8.58. The van der Waals surface area contributed by atoms with E-state index in [4.69, 9.17) is 18.9 Å². The first-order valence-electron chi connectivity index (χ1n) is 11.5. The van der Waals surface area contributed by atoms with E-state index in [0.29, 0.717) is 17.2 Å². The Balaban J connectivity index is 2.34. The Morgan fingerprint density at radius 2 is 1.36 bits per heavy atom. The van der Waals surface area contributed by atoms with E-state index in [9.17, 15) is 41.6 Å². The highest BCUT2D eigenvalue weighted by Gasteiger charge is 2.39. The standard InChI is InChI=1S/C25H24N2O13S2/c1-37-16-12-20(39-3)17(21(13-16)40-4)9-10-41(32,33)14-15-11-22(42(34,35)36)25(27(30)31)23(24(15)26(28)29)18-7-5-6-8-19(18)38-2/h5-13H,14H2,1-4H3,(H,34,35,36). The lowest BCUT2D eigenvalue weighted by molar-refractivity contribution is -0.394. The first kappa shape index (κ1) is 31.8. The zero-order valence-electron chi connectivity index (χ0n) is 22.5. The molecule has 0 bridgehead atoms. The molecule has 0 aliphatic heterocycles. The summed E-state index contributed by atoms with van der Waals surface area (Å²) in [5.74, 6) is -0.656. The van der Waals surface area contributed by atoms with Crippen LogP contribution < -0.4 is 18.9 Å². The molecule has 3 aromatic carbocycles. The third-order valence-corrected chi connectivity index (χ3v) is 8.02. The summed E-state index contributed by atoms with van der Waals surface area (Å²) in [7, 11) is -4.67. The van der Waals surface area contributed by atoms with Crippen LogP contribution in [-0.4, -0.2) is 59.7 Å². The van der Waals surface area contributed by atoms with Crippen molar-refractivity contribution in [2.24, 2.45) is 0 Å². The van der Waals surface area contributed by atoms with Gasteiger partial charge in [0, 0.05) is 28.7 Å². The molecule has 0 atom stereocenters. The number of nitro groups is 2. The van der Waals surface area contributed by atoms with Gasteiger partial charge in [0.05, 0.1) is 49.6 Å². The molecular weight excluding hydrogens is 600 g/mol. The van der Waals surface area contributed by atoms with Gasteiger partial charge in [-0.3, -0.25) is 24.8 Å². The van der Waals surface area contributed by atoms with Crippen molar-refractivity contribution in [3.8, 4) is 34.1 Å². The van der Waals surface area contributed by atoms with Gasteiger partial charge in [-0.15, -0.1) is 0 Å². The van der Waals surface area contributed by atoms with Gasteiger partial charge >= 0.3 is 15.8 Å². The van der Waals surface area contributed by atoms with E-state index in [1.54, 1.807) is 0 Å². The number of benzene rings is 3. The van der Waals surface area contributed by atoms with Crippen molar-refractivity contribution < 1.29 is 50.2 Å². The van der Waals surface area contributed by atoms with Crippen LogP contribution in [0.5, 0.6) is 23.0 Å². The van der Waals surface area contributed by atoms with Crippen molar-refractivity contribution in [1.29, 1.82) is 0 Å². The average Bonchev–Trinajstić information content (AvgIpc) is 2.93. The van der Waals surface area contributed by atoms with E-state index in [0.717, 1.165) is 6.08 Å². The molecule has 224 valence electrons. The van der Waals surface area contributed by atoms with Crippen molar-refractivity contribution in [2.75, 3.05) is 28.4 Å². The van der Waals surface area contributed by atoms with Gasteiger partial charge in [-0.05, 0) is 18.2 Å². The first-order valence-corrected chi connectivity index (χ1v) is 14.6. The van der Waals surface area contributed by atoms with Gasteiger partial charge < -0.3 is 18.9 Å². The van der Waals surface area contributed by atoms with Gasteiger partial charge in [0.25, 0.3) is 5.69 Å². The predicted octanol–water partition coefficient (Wildman–Crippen LogP) is 4.04. The van der Waals surface area contributed by atoms with E-state index in [-0.39, 0.29) is 28.4 Å². The van der Waals surface area contributed by atoms with E-state index < -0.39 is 63.0 Å². The predicted molar refractivity (Wildman–Crippen MR) is 149 cm³/mol. The average molecular weight is 625 g/mol. The molecule has 0 spiro atoms. The summed E-state index contributed by atoms with van der Waals surface area (Å²) in [6.07, 6.45) is 1.09. The summed E-state index contributed by atoms with van der Waals surface area (Å²) in [5, 5.41) is 25.1. The van der Waals surface area contributed by atoms with Crippen molar-refractivity contribution >= 4 is 37.4 Å². The lowest BCUT2D eigenvalue weighted by Crippen LogP contribution is -2.12. The van der Waals surface area contributed by atoms with E-state index in [1.807, 2.05) is 0 Å². The molecular formula is C25H24N2O13S2. The molecule has 0 fully saturated rings. The molecule has 0 saturated heterocycles. The van der Waals surface area contributed by atoms with Gasteiger partial charge in [-0.1, -0.05) is 18.2 Å². The molecule has 0 heterocycles. The fraction of sp³-hybridized carbons (Fsp3) is 0.200. The maximum absolute atomic E-state index is 13.2. The molecule has 0 aliphatic carbocycles.